The van der Waals surface area contributed by atoms with Crippen LogP contribution in [0.5, 0.6) is 0 Å². The van der Waals surface area contributed by atoms with Crippen LogP contribution in [0.2, 0.25) is 10.3 Å². The summed E-state index contributed by atoms with van der Waals surface area (Å²) in [6.45, 7) is 0. The van der Waals surface area contributed by atoms with Crippen LogP contribution in [0.15, 0.2) is 47.5 Å². The van der Waals surface area contributed by atoms with Crippen molar-refractivity contribution >= 4 is 55.5 Å². The summed E-state index contributed by atoms with van der Waals surface area (Å²) < 4.78 is 28.1. The van der Waals surface area contributed by atoms with Gasteiger partial charge in [0, 0.05) is 30.6 Å². The van der Waals surface area contributed by atoms with E-state index >= 15 is 0 Å². The van der Waals surface area contributed by atoms with Crippen LogP contribution in [0.25, 0.3) is 10.8 Å². The zero-order valence-electron chi connectivity index (χ0n) is 13.4. The minimum absolute atomic E-state index is 0.0770. The van der Waals surface area contributed by atoms with Crippen molar-refractivity contribution in [2.45, 2.75) is 4.90 Å². The second-order valence-corrected chi connectivity index (χ2v) is 7.86. The van der Waals surface area contributed by atoms with E-state index in [4.69, 9.17) is 23.2 Å². The topological polar surface area (TPSA) is 75.2 Å². The Balaban J connectivity index is 2.13. The molecule has 130 valence electrons. The van der Waals surface area contributed by atoms with Crippen molar-refractivity contribution in [2.24, 2.45) is 0 Å². The summed E-state index contributed by atoms with van der Waals surface area (Å²) in [5.41, 5.74) is 0.916. The summed E-state index contributed by atoms with van der Waals surface area (Å²) in [5, 5.41) is 1.38. The third-order valence-electron chi connectivity index (χ3n) is 3.56. The number of nitrogens with one attached hydrogen (secondary N) is 1. The van der Waals surface area contributed by atoms with E-state index in [9.17, 15) is 8.42 Å². The molecular weight excluding hydrogens is 383 g/mol. The molecule has 0 aliphatic carbocycles. The lowest BCUT2D eigenvalue weighted by Crippen LogP contribution is -2.15. The molecule has 2 aromatic carbocycles. The second kappa shape index (κ2) is 6.67. The van der Waals surface area contributed by atoms with Gasteiger partial charge in [-0.1, -0.05) is 47.5 Å². The van der Waals surface area contributed by atoms with Gasteiger partial charge in [-0.05, 0) is 12.1 Å². The maximum absolute atomic E-state index is 12.8. The molecule has 0 radical (unpaired) electrons. The summed E-state index contributed by atoms with van der Waals surface area (Å²) in [6, 6.07) is 10.6. The average Bonchev–Trinajstić information content (AvgIpc) is 2.56. The summed E-state index contributed by atoms with van der Waals surface area (Å²) >= 11 is 11.6. The predicted octanol–water partition coefficient (Wildman–Crippen LogP) is 3.80. The van der Waals surface area contributed by atoms with Gasteiger partial charge in [0.15, 0.2) is 11.0 Å². The van der Waals surface area contributed by atoms with Crippen molar-refractivity contribution in [3.8, 4) is 0 Å². The molecule has 6 nitrogen and oxygen atoms in total. The average molecular weight is 397 g/mol. The van der Waals surface area contributed by atoms with Gasteiger partial charge in [-0.2, -0.15) is 0 Å². The van der Waals surface area contributed by atoms with Gasteiger partial charge in [0.2, 0.25) is 0 Å². The zero-order chi connectivity index (χ0) is 18.2. The zero-order valence-corrected chi connectivity index (χ0v) is 15.7. The lowest BCUT2D eigenvalue weighted by Gasteiger charge is -2.17. The van der Waals surface area contributed by atoms with Crippen LogP contribution in [0.3, 0.4) is 0 Å². The fourth-order valence-electron chi connectivity index (χ4n) is 2.49. The molecule has 1 N–H and O–H groups in total. The Kier molecular flexibility index (Phi) is 4.73. The number of sulfonamides is 1. The number of anilines is 2. The van der Waals surface area contributed by atoms with Gasteiger partial charge < -0.3 is 4.90 Å². The molecule has 0 atom stereocenters. The number of aromatic nitrogens is 2. The van der Waals surface area contributed by atoms with Crippen molar-refractivity contribution < 1.29 is 8.42 Å². The predicted molar refractivity (Wildman–Crippen MR) is 101 cm³/mol. The highest BCUT2D eigenvalue weighted by Crippen LogP contribution is 2.31. The van der Waals surface area contributed by atoms with Crippen LogP contribution in [-0.2, 0) is 10.0 Å². The van der Waals surface area contributed by atoms with Crippen LogP contribution in [0.4, 0.5) is 11.5 Å². The SMILES string of the molecule is CN(C)c1cccc2c(S(=O)(=O)Nc3ncc(Cl)nc3Cl)cccc12. The molecule has 1 aromatic heterocycles. The number of halogens is 2. The number of fused-ring (bicyclic) bond motifs is 1. The summed E-state index contributed by atoms with van der Waals surface area (Å²) in [7, 11) is -0.116. The third kappa shape index (κ3) is 3.49. The summed E-state index contributed by atoms with van der Waals surface area (Å²) in [5.74, 6) is -0.0770. The molecule has 3 rings (SSSR count). The van der Waals surface area contributed by atoms with Gasteiger partial charge in [0.05, 0.1) is 11.1 Å². The fraction of sp³-hybridized carbons (Fsp3) is 0.125. The van der Waals surface area contributed by atoms with E-state index in [2.05, 4.69) is 14.7 Å². The Morgan fingerprint density at radius 2 is 1.72 bits per heavy atom. The van der Waals surface area contributed by atoms with Crippen molar-refractivity contribution in [2.75, 3.05) is 23.7 Å². The maximum atomic E-state index is 12.8. The van der Waals surface area contributed by atoms with E-state index in [1.165, 1.54) is 12.3 Å². The highest BCUT2D eigenvalue weighted by molar-refractivity contribution is 7.93. The van der Waals surface area contributed by atoms with Crippen LogP contribution in [-0.4, -0.2) is 32.5 Å². The van der Waals surface area contributed by atoms with Crippen molar-refractivity contribution in [1.82, 2.24) is 9.97 Å². The summed E-state index contributed by atoms with van der Waals surface area (Å²) in [4.78, 5) is 9.73. The Morgan fingerprint density at radius 1 is 1.04 bits per heavy atom. The molecular formula is C16H14Cl2N4O2S. The molecule has 1 heterocycles. The fourth-order valence-corrected chi connectivity index (χ4v) is 4.15. The minimum Gasteiger partial charge on any atom is -0.377 e. The Bertz CT molecular complexity index is 1060. The van der Waals surface area contributed by atoms with Crippen molar-refractivity contribution in [3.63, 3.8) is 0 Å². The van der Waals surface area contributed by atoms with E-state index in [-0.39, 0.29) is 21.0 Å². The van der Waals surface area contributed by atoms with Crippen LogP contribution in [0.1, 0.15) is 0 Å². The van der Waals surface area contributed by atoms with E-state index in [1.807, 2.05) is 37.2 Å². The molecule has 9 heteroatoms. The Labute approximate surface area is 155 Å². The van der Waals surface area contributed by atoms with Gasteiger partial charge in [0.25, 0.3) is 10.0 Å². The van der Waals surface area contributed by atoms with E-state index in [0.717, 1.165) is 11.1 Å². The molecule has 0 unspecified atom stereocenters. The first-order chi connectivity index (χ1) is 11.8. The first kappa shape index (κ1) is 17.7. The first-order valence-corrected chi connectivity index (χ1v) is 9.43. The van der Waals surface area contributed by atoms with Crippen molar-refractivity contribution in [3.05, 3.63) is 52.9 Å². The molecule has 0 aliphatic heterocycles. The molecule has 25 heavy (non-hydrogen) atoms. The van der Waals surface area contributed by atoms with Gasteiger partial charge in [0.1, 0.15) is 5.15 Å². The lowest BCUT2D eigenvalue weighted by atomic mass is 10.1. The molecule has 0 saturated heterocycles. The number of hydrogen-bond donors (Lipinski definition) is 1. The molecule has 0 amide bonds. The molecule has 0 spiro atoms. The van der Waals surface area contributed by atoms with E-state index < -0.39 is 10.0 Å². The van der Waals surface area contributed by atoms with Crippen molar-refractivity contribution in [1.29, 1.82) is 0 Å². The smallest absolute Gasteiger partial charge is 0.263 e. The van der Waals surface area contributed by atoms with Crippen LogP contribution in [0, 0.1) is 0 Å². The van der Waals surface area contributed by atoms with Gasteiger partial charge >= 0.3 is 0 Å². The number of nitrogens with zero attached hydrogens (tertiary/aromatic N) is 3. The lowest BCUT2D eigenvalue weighted by molar-refractivity contribution is 0.602. The first-order valence-electron chi connectivity index (χ1n) is 7.19. The Morgan fingerprint density at radius 3 is 2.40 bits per heavy atom. The Hall–Kier alpha value is -2.09. The van der Waals surface area contributed by atoms with Gasteiger partial charge in [-0.3, -0.25) is 4.72 Å². The highest BCUT2D eigenvalue weighted by Gasteiger charge is 2.21. The quantitative estimate of drug-likeness (QED) is 0.725. The number of rotatable bonds is 4. The molecule has 0 fully saturated rings. The van der Waals surface area contributed by atoms with Crippen LogP contribution < -0.4 is 9.62 Å². The van der Waals surface area contributed by atoms with Gasteiger partial charge in [-0.15, -0.1) is 0 Å². The molecule has 0 aliphatic rings. The molecule has 0 saturated carbocycles. The molecule has 3 aromatic rings. The number of hydrogen-bond acceptors (Lipinski definition) is 5. The standard InChI is InChI=1S/C16H14Cl2N4O2S/c1-22(2)12-7-3-6-11-10(12)5-4-8-13(11)25(23,24)21-16-15(18)20-14(17)9-19-16/h3-9H,1-2H3,(H,19,21). The largest absolute Gasteiger partial charge is 0.377 e. The van der Waals surface area contributed by atoms with Crippen LogP contribution >= 0.6 is 23.2 Å². The normalized spacial score (nSPS) is 11.5. The second-order valence-electron chi connectivity index (χ2n) is 5.46. The maximum Gasteiger partial charge on any atom is 0.263 e. The number of benzene rings is 2. The monoisotopic (exact) mass is 396 g/mol. The summed E-state index contributed by atoms with van der Waals surface area (Å²) in [6.07, 6.45) is 1.22. The van der Waals surface area contributed by atoms with Gasteiger partial charge in [-0.25, -0.2) is 18.4 Å². The minimum atomic E-state index is -3.92. The third-order valence-corrected chi connectivity index (χ3v) is 5.40. The highest BCUT2D eigenvalue weighted by atomic mass is 35.5. The van der Waals surface area contributed by atoms with E-state index in [1.54, 1.807) is 12.1 Å². The van der Waals surface area contributed by atoms with E-state index in [0.29, 0.717) is 5.39 Å². The molecule has 0 bridgehead atoms.